The summed E-state index contributed by atoms with van der Waals surface area (Å²) in [7, 11) is 0. The van der Waals surface area contributed by atoms with Crippen molar-refractivity contribution in [1.82, 2.24) is 10.3 Å². The van der Waals surface area contributed by atoms with Gasteiger partial charge in [-0.25, -0.2) is 4.39 Å². The van der Waals surface area contributed by atoms with Gasteiger partial charge < -0.3 is 16.0 Å². The highest BCUT2D eigenvalue weighted by atomic mass is 19.1. The zero-order valence-corrected chi connectivity index (χ0v) is 12.1. The molecule has 108 valence electrons. The molecule has 2 rings (SSSR count). The molecule has 1 aromatic carbocycles. The first-order chi connectivity index (χ1) is 9.35. The second kappa shape index (κ2) is 5.53. The van der Waals surface area contributed by atoms with Gasteiger partial charge in [0.15, 0.2) is 5.96 Å². The summed E-state index contributed by atoms with van der Waals surface area (Å²) in [5.41, 5.74) is 7.69. The highest BCUT2D eigenvalue weighted by Crippen LogP contribution is 2.19. The Kier molecular flexibility index (Phi) is 3.97. The number of benzene rings is 1. The lowest BCUT2D eigenvalue weighted by molar-refractivity contribution is 0.508. The number of nitrogens with one attached hydrogen (secondary N) is 2. The minimum Gasteiger partial charge on any atom is -0.370 e. The van der Waals surface area contributed by atoms with Crippen molar-refractivity contribution < 1.29 is 4.39 Å². The molecule has 0 atom stereocenters. The van der Waals surface area contributed by atoms with Crippen molar-refractivity contribution in [2.45, 2.75) is 32.7 Å². The maximum absolute atomic E-state index is 13.3. The number of aliphatic imine (C=N–C) groups is 1. The van der Waals surface area contributed by atoms with Gasteiger partial charge in [-0.15, -0.1) is 0 Å². The maximum atomic E-state index is 13.3. The van der Waals surface area contributed by atoms with Crippen LogP contribution < -0.4 is 11.1 Å². The Morgan fingerprint density at radius 2 is 2.15 bits per heavy atom. The Morgan fingerprint density at radius 1 is 1.40 bits per heavy atom. The average molecular weight is 276 g/mol. The van der Waals surface area contributed by atoms with Gasteiger partial charge in [0.05, 0.1) is 0 Å². The summed E-state index contributed by atoms with van der Waals surface area (Å²) < 4.78 is 13.3. The lowest BCUT2D eigenvalue weighted by Gasteiger charge is -2.20. The number of rotatable bonds is 3. The predicted molar refractivity (Wildman–Crippen MR) is 81.3 cm³/mol. The van der Waals surface area contributed by atoms with Crippen LogP contribution in [0, 0.1) is 5.82 Å². The Labute approximate surface area is 118 Å². The molecule has 2 aromatic rings. The fourth-order valence-corrected chi connectivity index (χ4v) is 2.08. The van der Waals surface area contributed by atoms with Crippen LogP contribution in [0.3, 0.4) is 0 Å². The van der Waals surface area contributed by atoms with Gasteiger partial charge >= 0.3 is 0 Å². The summed E-state index contributed by atoms with van der Waals surface area (Å²) in [6, 6.07) is 4.74. The van der Waals surface area contributed by atoms with Crippen LogP contribution in [-0.4, -0.2) is 23.0 Å². The highest BCUT2D eigenvalue weighted by Gasteiger charge is 2.09. The van der Waals surface area contributed by atoms with Crippen molar-refractivity contribution >= 4 is 16.9 Å². The quantitative estimate of drug-likeness (QED) is 0.596. The van der Waals surface area contributed by atoms with E-state index >= 15 is 0 Å². The van der Waals surface area contributed by atoms with E-state index in [4.69, 9.17) is 5.73 Å². The third-order valence-corrected chi connectivity index (χ3v) is 2.90. The van der Waals surface area contributed by atoms with E-state index < -0.39 is 0 Å². The lowest BCUT2D eigenvalue weighted by atomic mass is 10.1. The molecule has 4 N–H and O–H groups in total. The zero-order chi connectivity index (χ0) is 14.8. The summed E-state index contributed by atoms with van der Waals surface area (Å²) in [4.78, 5) is 7.42. The smallest absolute Gasteiger partial charge is 0.188 e. The number of hydrogen-bond donors (Lipinski definition) is 3. The Balaban J connectivity index is 2.03. The van der Waals surface area contributed by atoms with Crippen LogP contribution in [0.2, 0.25) is 0 Å². The van der Waals surface area contributed by atoms with Gasteiger partial charge in [-0.1, -0.05) is 0 Å². The molecule has 0 unspecified atom stereocenters. The highest BCUT2D eigenvalue weighted by molar-refractivity contribution is 5.83. The Bertz CT molecular complexity index is 622. The molecule has 0 amide bonds. The van der Waals surface area contributed by atoms with Crippen LogP contribution in [0.25, 0.3) is 10.9 Å². The van der Waals surface area contributed by atoms with Crippen molar-refractivity contribution in [3.8, 4) is 0 Å². The van der Waals surface area contributed by atoms with Crippen molar-refractivity contribution in [1.29, 1.82) is 0 Å². The predicted octanol–water partition coefficient (Wildman–Crippen LogP) is 2.55. The first-order valence-corrected chi connectivity index (χ1v) is 6.69. The van der Waals surface area contributed by atoms with Crippen LogP contribution in [0.15, 0.2) is 29.4 Å². The molecule has 5 heteroatoms. The largest absolute Gasteiger partial charge is 0.370 e. The summed E-state index contributed by atoms with van der Waals surface area (Å²) in [6.07, 6.45) is 2.61. The monoisotopic (exact) mass is 276 g/mol. The first-order valence-electron chi connectivity index (χ1n) is 6.69. The zero-order valence-electron chi connectivity index (χ0n) is 12.1. The van der Waals surface area contributed by atoms with Gasteiger partial charge in [0, 0.05) is 29.2 Å². The third kappa shape index (κ3) is 3.73. The van der Waals surface area contributed by atoms with E-state index in [9.17, 15) is 4.39 Å². The van der Waals surface area contributed by atoms with Crippen LogP contribution >= 0.6 is 0 Å². The number of fused-ring (bicyclic) bond motifs is 1. The Hall–Kier alpha value is -2.04. The number of aromatic nitrogens is 1. The normalized spacial score (nSPS) is 12.9. The minimum atomic E-state index is -0.226. The van der Waals surface area contributed by atoms with Gasteiger partial charge in [0.1, 0.15) is 5.82 Å². The van der Waals surface area contributed by atoms with Crippen molar-refractivity contribution in [3.05, 3.63) is 35.8 Å². The van der Waals surface area contributed by atoms with Crippen molar-refractivity contribution in [2.75, 3.05) is 6.54 Å². The molecule has 0 saturated heterocycles. The maximum Gasteiger partial charge on any atom is 0.188 e. The molecule has 0 radical (unpaired) electrons. The molecule has 0 spiro atoms. The SMILES string of the molecule is CC(C)(C)NC(N)=NCCc1c[nH]c2ccc(F)cc12. The number of hydrogen-bond acceptors (Lipinski definition) is 1. The van der Waals surface area contributed by atoms with Gasteiger partial charge in [0.2, 0.25) is 0 Å². The molecule has 20 heavy (non-hydrogen) atoms. The third-order valence-electron chi connectivity index (χ3n) is 2.90. The van der Waals surface area contributed by atoms with E-state index in [2.05, 4.69) is 15.3 Å². The molecule has 1 aromatic heterocycles. The fraction of sp³-hybridized carbons (Fsp3) is 0.400. The van der Waals surface area contributed by atoms with Gasteiger partial charge in [-0.3, -0.25) is 4.99 Å². The lowest BCUT2D eigenvalue weighted by Crippen LogP contribution is -2.45. The van der Waals surface area contributed by atoms with Gasteiger partial charge in [-0.2, -0.15) is 0 Å². The summed E-state index contributed by atoms with van der Waals surface area (Å²) in [6.45, 7) is 6.64. The molecule has 0 bridgehead atoms. The van der Waals surface area contributed by atoms with Crippen LogP contribution in [-0.2, 0) is 6.42 Å². The topological polar surface area (TPSA) is 66.2 Å². The van der Waals surface area contributed by atoms with E-state index in [-0.39, 0.29) is 11.4 Å². The standard InChI is InChI=1S/C15H21FN4/c1-15(2,3)20-14(17)18-7-6-10-9-19-13-5-4-11(16)8-12(10)13/h4-5,8-9,19H,6-7H2,1-3H3,(H3,17,18,20). The second-order valence-electron chi connectivity index (χ2n) is 5.90. The van der Waals surface area contributed by atoms with E-state index in [1.165, 1.54) is 6.07 Å². The molecular formula is C15H21FN4. The summed E-state index contributed by atoms with van der Waals surface area (Å²) in [5.74, 6) is 0.208. The van der Waals surface area contributed by atoms with Crippen LogP contribution in [0.4, 0.5) is 4.39 Å². The summed E-state index contributed by atoms with van der Waals surface area (Å²) in [5, 5.41) is 4.01. The van der Waals surface area contributed by atoms with Crippen LogP contribution in [0.1, 0.15) is 26.3 Å². The number of aromatic amines is 1. The number of nitrogens with two attached hydrogens (primary N) is 1. The first kappa shape index (κ1) is 14.4. The van der Waals surface area contributed by atoms with E-state index in [0.29, 0.717) is 12.5 Å². The molecule has 1 heterocycles. The average Bonchev–Trinajstić information content (AvgIpc) is 2.69. The molecule has 0 aliphatic rings. The molecule has 0 aliphatic carbocycles. The van der Waals surface area contributed by atoms with Gasteiger partial charge in [-0.05, 0) is 51.0 Å². The van der Waals surface area contributed by atoms with Crippen molar-refractivity contribution in [2.24, 2.45) is 10.7 Å². The van der Waals surface area contributed by atoms with E-state index in [0.717, 1.165) is 22.9 Å². The van der Waals surface area contributed by atoms with E-state index in [1.54, 1.807) is 12.1 Å². The van der Waals surface area contributed by atoms with Crippen molar-refractivity contribution in [3.63, 3.8) is 0 Å². The molecule has 4 nitrogen and oxygen atoms in total. The Morgan fingerprint density at radius 3 is 2.85 bits per heavy atom. The number of guanidine groups is 1. The molecule has 0 saturated carbocycles. The second-order valence-corrected chi connectivity index (χ2v) is 5.90. The van der Waals surface area contributed by atoms with E-state index in [1.807, 2.05) is 27.0 Å². The minimum absolute atomic E-state index is 0.0997. The molecule has 0 fully saturated rings. The molecular weight excluding hydrogens is 255 g/mol. The fourth-order valence-electron chi connectivity index (χ4n) is 2.08. The van der Waals surface area contributed by atoms with Crippen LogP contribution in [0.5, 0.6) is 0 Å². The number of nitrogens with zero attached hydrogens (tertiary/aromatic N) is 1. The molecule has 0 aliphatic heterocycles. The van der Waals surface area contributed by atoms with Gasteiger partial charge in [0.25, 0.3) is 0 Å². The number of halogens is 1. The number of H-pyrrole nitrogens is 1. The summed E-state index contributed by atoms with van der Waals surface area (Å²) >= 11 is 0.